The highest BCUT2D eigenvalue weighted by atomic mass is 16.5. The van der Waals surface area contributed by atoms with Crippen molar-refractivity contribution in [2.24, 2.45) is 4.99 Å². The maximum absolute atomic E-state index is 11.8. The zero-order valence-corrected chi connectivity index (χ0v) is 17.3. The van der Waals surface area contributed by atoms with Crippen LogP contribution in [0.15, 0.2) is 46.0 Å². The summed E-state index contributed by atoms with van der Waals surface area (Å²) in [5.74, 6) is 2.27. The van der Waals surface area contributed by atoms with Gasteiger partial charge < -0.3 is 29.8 Å². The second kappa shape index (κ2) is 12.3. The Balaban J connectivity index is 1.72. The minimum atomic E-state index is -0.236. The van der Waals surface area contributed by atoms with Crippen molar-refractivity contribution in [2.75, 3.05) is 39.9 Å². The van der Waals surface area contributed by atoms with Gasteiger partial charge in [-0.1, -0.05) is 6.07 Å². The summed E-state index contributed by atoms with van der Waals surface area (Å²) in [4.78, 5) is 16.0. The molecule has 0 saturated carbocycles. The molecule has 29 heavy (non-hydrogen) atoms. The molecule has 0 aliphatic heterocycles. The fraction of sp³-hybridized carbons (Fsp3) is 0.429. The molecule has 0 aliphatic carbocycles. The fourth-order valence-electron chi connectivity index (χ4n) is 2.65. The summed E-state index contributed by atoms with van der Waals surface area (Å²) in [5.41, 5.74) is 1.14. The standard InChI is InChI=1S/C21H30N4O4/c1-4-27-17-9-8-16(15-19(17)28-5-2)10-11-24-21(22-3)25-13-12-23-20(26)18-7-6-14-29-18/h6-9,14-15H,4-5,10-13H2,1-3H3,(H,23,26)(H2,22,24,25). The molecule has 1 aromatic carbocycles. The van der Waals surface area contributed by atoms with E-state index in [0.717, 1.165) is 23.5 Å². The number of hydrogen-bond acceptors (Lipinski definition) is 5. The van der Waals surface area contributed by atoms with Gasteiger partial charge in [-0.3, -0.25) is 9.79 Å². The number of benzene rings is 1. The van der Waals surface area contributed by atoms with E-state index in [2.05, 4.69) is 20.9 Å². The molecule has 1 aromatic heterocycles. The number of guanidine groups is 1. The van der Waals surface area contributed by atoms with Gasteiger partial charge in [-0.25, -0.2) is 0 Å². The smallest absolute Gasteiger partial charge is 0.287 e. The first-order valence-corrected chi connectivity index (χ1v) is 9.82. The maximum atomic E-state index is 11.8. The largest absolute Gasteiger partial charge is 0.490 e. The van der Waals surface area contributed by atoms with Gasteiger partial charge in [0.25, 0.3) is 5.91 Å². The van der Waals surface area contributed by atoms with E-state index in [-0.39, 0.29) is 5.91 Å². The van der Waals surface area contributed by atoms with E-state index >= 15 is 0 Å². The second-order valence-corrected chi connectivity index (χ2v) is 6.06. The van der Waals surface area contributed by atoms with E-state index in [9.17, 15) is 4.79 Å². The van der Waals surface area contributed by atoms with E-state index in [4.69, 9.17) is 13.9 Å². The van der Waals surface area contributed by atoms with Crippen LogP contribution in [0.5, 0.6) is 11.5 Å². The number of carbonyl (C=O) groups is 1. The minimum absolute atomic E-state index is 0.236. The number of hydrogen-bond donors (Lipinski definition) is 3. The van der Waals surface area contributed by atoms with Gasteiger partial charge >= 0.3 is 0 Å². The Hall–Kier alpha value is -3.16. The Kier molecular flexibility index (Phi) is 9.41. The Morgan fingerprint density at radius 1 is 1.00 bits per heavy atom. The van der Waals surface area contributed by atoms with Crippen LogP contribution < -0.4 is 25.4 Å². The van der Waals surface area contributed by atoms with Gasteiger partial charge in [0.05, 0.1) is 19.5 Å². The molecule has 0 fully saturated rings. The van der Waals surface area contributed by atoms with Crippen LogP contribution in [-0.2, 0) is 6.42 Å². The second-order valence-electron chi connectivity index (χ2n) is 6.06. The first kappa shape index (κ1) is 22.1. The van der Waals surface area contributed by atoms with Crippen molar-refractivity contribution in [1.29, 1.82) is 0 Å². The van der Waals surface area contributed by atoms with Crippen molar-refractivity contribution < 1.29 is 18.7 Å². The average molecular weight is 402 g/mol. The number of nitrogens with one attached hydrogen (secondary N) is 3. The van der Waals surface area contributed by atoms with Crippen LogP contribution in [0, 0.1) is 0 Å². The molecule has 0 unspecified atom stereocenters. The fourth-order valence-corrected chi connectivity index (χ4v) is 2.65. The number of nitrogens with zero attached hydrogens (tertiary/aromatic N) is 1. The third-order valence-corrected chi connectivity index (χ3v) is 3.99. The molecular weight excluding hydrogens is 372 g/mol. The highest BCUT2D eigenvalue weighted by Crippen LogP contribution is 2.28. The Morgan fingerprint density at radius 3 is 2.41 bits per heavy atom. The van der Waals surface area contributed by atoms with E-state index in [0.29, 0.717) is 44.6 Å². The maximum Gasteiger partial charge on any atom is 0.287 e. The molecule has 8 nitrogen and oxygen atoms in total. The zero-order chi connectivity index (χ0) is 20.9. The van der Waals surface area contributed by atoms with E-state index < -0.39 is 0 Å². The average Bonchev–Trinajstić information content (AvgIpc) is 3.27. The van der Waals surface area contributed by atoms with Crippen LogP contribution in [0.1, 0.15) is 30.0 Å². The Bertz CT molecular complexity index is 775. The molecule has 0 radical (unpaired) electrons. The van der Waals surface area contributed by atoms with Crippen LogP contribution in [-0.4, -0.2) is 51.8 Å². The topological polar surface area (TPSA) is 97.1 Å². The van der Waals surface area contributed by atoms with Crippen molar-refractivity contribution in [3.05, 3.63) is 47.9 Å². The number of furan rings is 1. The summed E-state index contributed by atoms with van der Waals surface area (Å²) in [7, 11) is 1.71. The lowest BCUT2D eigenvalue weighted by Crippen LogP contribution is -2.42. The molecule has 158 valence electrons. The van der Waals surface area contributed by atoms with Gasteiger partial charge in [-0.15, -0.1) is 0 Å². The van der Waals surface area contributed by atoms with Gasteiger partial charge in [0, 0.05) is 26.7 Å². The predicted octanol–water partition coefficient (Wildman–Crippen LogP) is 2.21. The van der Waals surface area contributed by atoms with Crippen molar-refractivity contribution in [3.63, 3.8) is 0 Å². The molecule has 2 aromatic rings. The van der Waals surface area contributed by atoms with Crippen LogP contribution >= 0.6 is 0 Å². The van der Waals surface area contributed by atoms with Crippen LogP contribution in [0.2, 0.25) is 0 Å². The third kappa shape index (κ3) is 7.40. The molecule has 1 heterocycles. The summed E-state index contributed by atoms with van der Waals surface area (Å²) in [5, 5.41) is 9.20. The summed E-state index contributed by atoms with van der Waals surface area (Å²) in [6, 6.07) is 9.30. The number of ether oxygens (including phenoxy) is 2. The van der Waals surface area contributed by atoms with Crippen molar-refractivity contribution in [1.82, 2.24) is 16.0 Å². The number of rotatable bonds is 11. The molecule has 2 rings (SSSR count). The van der Waals surface area contributed by atoms with Gasteiger partial charge in [0.15, 0.2) is 23.2 Å². The molecule has 0 aliphatic rings. The minimum Gasteiger partial charge on any atom is -0.490 e. The van der Waals surface area contributed by atoms with Crippen LogP contribution in [0.3, 0.4) is 0 Å². The lowest BCUT2D eigenvalue weighted by atomic mass is 10.1. The number of aliphatic imine (C=N–C) groups is 1. The van der Waals surface area contributed by atoms with E-state index in [1.807, 2.05) is 32.0 Å². The van der Waals surface area contributed by atoms with Gasteiger partial charge in [0.2, 0.25) is 0 Å². The van der Waals surface area contributed by atoms with Crippen LogP contribution in [0.4, 0.5) is 0 Å². The highest BCUT2D eigenvalue weighted by Gasteiger charge is 2.08. The van der Waals surface area contributed by atoms with Crippen LogP contribution in [0.25, 0.3) is 0 Å². The molecule has 8 heteroatoms. The lowest BCUT2D eigenvalue weighted by Gasteiger charge is -2.14. The third-order valence-electron chi connectivity index (χ3n) is 3.99. The first-order valence-electron chi connectivity index (χ1n) is 9.82. The summed E-state index contributed by atoms with van der Waals surface area (Å²) in [6.07, 6.45) is 2.28. The first-order chi connectivity index (χ1) is 14.2. The summed E-state index contributed by atoms with van der Waals surface area (Å²) < 4.78 is 16.3. The highest BCUT2D eigenvalue weighted by molar-refractivity contribution is 5.91. The Morgan fingerprint density at radius 2 is 1.72 bits per heavy atom. The number of amides is 1. The van der Waals surface area contributed by atoms with E-state index in [1.54, 1.807) is 19.2 Å². The molecule has 0 bridgehead atoms. The van der Waals surface area contributed by atoms with E-state index in [1.165, 1.54) is 6.26 Å². The number of carbonyl (C=O) groups excluding carboxylic acids is 1. The van der Waals surface area contributed by atoms with Crippen molar-refractivity contribution in [2.45, 2.75) is 20.3 Å². The van der Waals surface area contributed by atoms with Gasteiger partial charge in [-0.2, -0.15) is 0 Å². The molecule has 3 N–H and O–H groups in total. The molecule has 0 saturated heterocycles. The lowest BCUT2D eigenvalue weighted by molar-refractivity contribution is 0.0926. The normalized spacial score (nSPS) is 11.1. The SMILES string of the molecule is CCOc1ccc(CCNC(=NC)NCCNC(=O)c2ccco2)cc1OCC. The molecule has 0 spiro atoms. The monoisotopic (exact) mass is 402 g/mol. The zero-order valence-electron chi connectivity index (χ0n) is 17.3. The molecule has 0 atom stereocenters. The van der Waals surface area contributed by atoms with Gasteiger partial charge in [0.1, 0.15) is 0 Å². The van der Waals surface area contributed by atoms with Crippen molar-refractivity contribution in [3.8, 4) is 11.5 Å². The predicted molar refractivity (Wildman–Crippen MR) is 113 cm³/mol. The molecular formula is C21H30N4O4. The summed E-state index contributed by atoms with van der Waals surface area (Å²) in [6.45, 7) is 6.81. The molecule has 1 amide bonds. The van der Waals surface area contributed by atoms with Crippen molar-refractivity contribution >= 4 is 11.9 Å². The Labute approximate surface area is 171 Å². The van der Waals surface area contributed by atoms with Gasteiger partial charge in [-0.05, 0) is 50.1 Å². The quantitative estimate of drug-likeness (QED) is 0.303. The summed E-state index contributed by atoms with van der Waals surface area (Å²) >= 11 is 0.